The Kier molecular flexibility index (Phi) is 8.68. The Morgan fingerprint density at radius 2 is 1.19 bits per heavy atom. The minimum absolute atomic E-state index is 0.414. The summed E-state index contributed by atoms with van der Waals surface area (Å²) in [5, 5.41) is 0. The van der Waals surface area contributed by atoms with E-state index in [9.17, 15) is 9.59 Å². The molecule has 0 aliphatic carbocycles. The predicted octanol–water partition coefficient (Wildman–Crippen LogP) is 3.34. The van der Waals surface area contributed by atoms with Crippen molar-refractivity contribution >= 4 is 23.5 Å². The van der Waals surface area contributed by atoms with Crippen LogP contribution in [-0.2, 0) is 9.59 Å². The Morgan fingerprint density at radius 3 is 1.73 bits per heavy atom. The van der Waals surface area contributed by atoms with Crippen molar-refractivity contribution < 1.29 is 28.5 Å². The number of hydrogen-bond acceptors (Lipinski definition) is 8. The van der Waals surface area contributed by atoms with E-state index >= 15 is 0 Å². The van der Waals surface area contributed by atoms with E-state index < -0.39 is 0 Å². The molecule has 136 valence electrons. The lowest BCUT2D eigenvalue weighted by Gasteiger charge is -2.05. The summed E-state index contributed by atoms with van der Waals surface area (Å²) in [6.07, 6.45) is 2.90. The predicted molar refractivity (Wildman–Crippen MR) is 94.7 cm³/mol. The summed E-state index contributed by atoms with van der Waals surface area (Å²) in [5.74, 6) is 2.28. The van der Waals surface area contributed by atoms with Crippen LogP contribution in [0.4, 0.5) is 11.4 Å². The van der Waals surface area contributed by atoms with Crippen LogP contribution in [-0.4, -0.2) is 40.6 Å². The third kappa shape index (κ3) is 5.79. The molecule has 0 radical (unpaired) electrons. The number of methoxy groups -OCH3 is 4. The Hall–Kier alpha value is -3.60. The maximum atomic E-state index is 10.1. The molecule has 0 fully saturated rings. The van der Waals surface area contributed by atoms with Crippen LogP contribution in [0.25, 0.3) is 0 Å². The van der Waals surface area contributed by atoms with Crippen molar-refractivity contribution in [2.45, 2.75) is 0 Å². The number of benzene rings is 2. The van der Waals surface area contributed by atoms with Crippen molar-refractivity contribution in [2.24, 2.45) is 9.98 Å². The normalized spacial score (nSPS) is 8.77. The zero-order valence-corrected chi connectivity index (χ0v) is 14.8. The van der Waals surface area contributed by atoms with E-state index in [1.807, 2.05) is 0 Å². The molecule has 0 amide bonds. The van der Waals surface area contributed by atoms with Crippen LogP contribution >= 0.6 is 0 Å². The number of ether oxygens (including phenoxy) is 4. The topological polar surface area (TPSA) is 95.8 Å². The van der Waals surface area contributed by atoms with Crippen LogP contribution in [0.2, 0.25) is 0 Å². The highest BCUT2D eigenvalue weighted by molar-refractivity contribution is 5.60. The van der Waals surface area contributed by atoms with Gasteiger partial charge >= 0.3 is 0 Å². The minimum Gasteiger partial charge on any atom is -0.497 e. The van der Waals surface area contributed by atoms with Gasteiger partial charge in [-0.15, -0.1) is 0 Å². The number of carbonyl (C=O) groups excluding carboxylic acids is 2. The molecule has 0 unspecified atom stereocenters. The largest absolute Gasteiger partial charge is 0.497 e. The number of nitrogens with zero attached hydrogens (tertiary/aromatic N) is 2. The van der Waals surface area contributed by atoms with Crippen molar-refractivity contribution in [3.8, 4) is 23.0 Å². The van der Waals surface area contributed by atoms with Crippen molar-refractivity contribution in [3.63, 3.8) is 0 Å². The molecule has 0 N–H and O–H groups in total. The molecule has 0 aliphatic heterocycles. The molecule has 0 aromatic heterocycles. The molecule has 2 rings (SSSR count). The van der Waals surface area contributed by atoms with Crippen LogP contribution < -0.4 is 18.9 Å². The molecule has 0 atom stereocenters. The fourth-order valence-electron chi connectivity index (χ4n) is 1.86. The fourth-order valence-corrected chi connectivity index (χ4v) is 1.86. The van der Waals surface area contributed by atoms with Crippen LogP contribution in [0, 0.1) is 0 Å². The fraction of sp³-hybridized carbons (Fsp3) is 0.222. The summed E-state index contributed by atoms with van der Waals surface area (Å²) in [7, 11) is 6.10. The second-order valence-corrected chi connectivity index (χ2v) is 4.48. The summed E-state index contributed by atoms with van der Waals surface area (Å²) in [4.78, 5) is 27.0. The molecule has 0 spiro atoms. The Balaban J connectivity index is 0.000000260. The Morgan fingerprint density at radius 1 is 0.654 bits per heavy atom. The van der Waals surface area contributed by atoms with Crippen molar-refractivity contribution in [2.75, 3.05) is 28.4 Å². The highest BCUT2D eigenvalue weighted by Gasteiger charge is 2.03. The average Bonchev–Trinajstić information content (AvgIpc) is 2.69. The second kappa shape index (κ2) is 11.0. The van der Waals surface area contributed by atoms with Gasteiger partial charge in [0.1, 0.15) is 34.4 Å². The molecule has 26 heavy (non-hydrogen) atoms. The molecule has 0 saturated carbocycles. The summed E-state index contributed by atoms with van der Waals surface area (Å²) >= 11 is 0. The van der Waals surface area contributed by atoms with Gasteiger partial charge in [0.05, 0.1) is 28.4 Å². The standard InChI is InChI=1S/2C9H9NO3/c1-12-7-3-4-9(13-2)8(5-7)10-6-11;1-12-7-3-4-8(10-6-11)9(5-7)13-2/h2*3-5H,1-2H3. The first-order chi connectivity index (χ1) is 12.6. The van der Waals surface area contributed by atoms with Gasteiger partial charge in [0, 0.05) is 12.1 Å². The molecule has 0 aliphatic rings. The van der Waals surface area contributed by atoms with Gasteiger partial charge in [-0.2, -0.15) is 9.98 Å². The third-order valence-electron chi connectivity index (χ3n) is 3.11. The quantitative estimate of drug-likeness (QED) is 0.580. The third-order valence-corrected chi connectivity index (χ3v) is 3.11. The number of hydrogen-bond donors (Lipinski definition) is 0. The zero-order valence-electron chi connectivity index (χ0n) is 14.8. The smallest absolute Gasteiger partial charge is 0.240 e. The van der Waals surface area contributed by atoms with E-state index in [2.05, 4.69) is 9.98 Å². The lowest BCUT2D eigenvalue weighted by molar-refractivity contribution is 0.395. The monoisotopic (exact) mass is 358 g/mol. The minimum atomic E-state index is 0.414. The summed E-state index contributed by atoms with van der Waals surface area (Å²) in [6.45, 7) is 0. The first kappa shape index (κ1) is 20.4. The SMILES string of the molecule is COc1ccc(N=C=O)c(OC)c1.COc1ccc(OC)c(N=C=O)c1. The number of isocyanates is 2. The van der Waals surface area contributed by atoms with Gasteiger partial charge < -0.3 is 18.9 Å². The number of aliphatic imine (C=N–C) groups is 2. The maximum absolute atomic E-state index is 10.1. The lowest BCUT2D eigenvalue weighted by Crippen LogP contribution is -1.86. The highest BCUT2D eigenvalue weighted by atomic mass is 16.5. The van der Waals surface area contributed by atoms with E-state index in [-0.39, 0.29) is 0 Å². The summed E-state index contributed by atoms with van der Waals surface area (Å²) in [6, 6.07) is 9.97. The summed E-state index contributed by atoms with van der Waals surface area (Å²) < 4.78 is 19.9. The van der Waals surface area contributed by atoms with Crippen LogP contribution in [0.5, 0.6) is 23.0 Å². The molecule has 8 heteroatoms. The van der Waals surface area contributed by atoms with Gasteiger partial charge in [-0.05, 0) is 24.3 Å². The van der Waals surface area contributed by atoms with Gasteiger partial charge in [-0.3, -0.25) is 0 Å². The zero-order chi connectivity index (χ0) is 19.4. The van der Waals surface area contributed by atoms with Gasteiger partial charge in [-0.1, -0.05) is 0 Å². The van der Waals surface area contributed by atoms with Crippen molar-refractivity contribution in [3.05, 3.63) is 36.4 Å². The van der Waals surface area contributed by atoms with E-state index in [0.717, 1.165) is 0 Å². The Labute approximate surface area is 150 Å². The molecular formula is C18H18N2O6. The van der Waals surface area contributed by atoms with Gasteiger partial charge in [0.25, 0.3) is 0 Å². The maximum Gasteiger partial charge on any atom is 0.240 e. The van der Waals surface area contributed by atoms with Gasteiger partial charge in [0.15, 0.2) is 0 Å². The first-order valence-electron chi connectivity index (χ1n) is 7.23. The van der Waals surface area contributed by atoms with E-state index in [4.69, 9.17) is 18.9 Å². The van der Waals surface area contributed by atoms with E-state index in [0.29, 0.717) is 34.4 Å². The van der Waals surface area contributed by atoms with Gasteiger partial charge in [0.2, 0.25) is 12.2 Å². The van der Waals surface area contributed by atoms with Crippen LogP contribution in [0.15, 0.2) is 46.4 Å². The molecule has 8 nitrogen and oxygen atoms in total. The highest BCUT2D eigenvalue weighted by Crippen LogP contribution is 2.31. The van der Waals surface area contributed by atoms with Crippen molar-refractivity contribution in [1.82, 2.24) is 0 Å². The number of rotatable bonds is 6. The second-order valence-electron chi connectivity index (χ2n) is 4.48. The Bertz CT molecular complexity index is 824. The molecule has 0 heterocycles. The van der Waals surface area contributed by atoms with E-state index in [1.54, 1.807) is 43.5 Å². The molecular weight excluding hydrogens is 340 g/mol. The van der Waals surface area contributed by atoms with Crippen LogP contribution in [0.1, 0.15) is 0 Å². The lowest BCUT2D eigenvalue weighted by atomic mass is 10.3. The van der Waals surface area contributed by atoms with E-state index in [1.165, 1.54) is 33.5 Å². The summed E-state index contributed by atoms with van der Waals surface area (Å²) in [5.41, 5.74) is 0.857. The molecule has 2 aromatic rings. The molecule has 0 bridgehead atoms. The van der Waals surface area contributed by atoms with Gasteiger partial charge in [-0.25, -0.2) is 9.59 Å². The molecule has 0 saturated heterocycles. The van der Waals surface area contributed by atoms with Crippen molar-refractivity contribution in [1.29, 1.82) is 0 Å². The van der Waals surface area contributed by atoms with Crippen LogP contribution in [0.3, 0.4) is 0 Å². The average molecular weight is 358 g/mol. The first-order valence-corrected chi connectivity index (χ1v) is 7.23. The molecule has 2 aromatic carbocycles.